The number of benzene rings is 3. The fourth-order valence-corrected chi connectivity index (χ4v) is 14.7. The number of aryl methyl sites for hydroxylation is 2. The van der Waals surface area contributed by atoms with Crippen LogP contribution in [0.1, 0.15) is 162 Å². The molecule has 12 N–H and O–H groups in total. The molecule has 1 saturated carbocycles. The van der Waals surface area contributed by atoms with Gasteiger partial charge in [0.15, 0.2) is 0 Å². The normalized spacial score (nSPS) is 30.8. The molecule has 2 fully saturated rings. The van der Waals surface area contributed by atoms with Gasteiger partial charge in [0.1, 0.15) is 5.75 Å². The van der Waals surface area contributed by atoms with Gasteiger partial charge in [0.25, 0.3) is 0 Å². The number of hydrogen-bond donors (Lipinski definition) is 12. The first-order chi connectivity index (χ1) is 39.3. The van der Waals surface area contributed by atoms with E-state index in [-0.39, 0.29) is 69.6 Å². The fourth-order valence-electron chi connectivity index (χ4n) is 14.7. The van der Waals surface area contributed by atoms with Gasteiger partial charge < -0.3 is 61.7 Å². The molecule has 0 radical (unpaired) electrons. The Morgan fingerprint density at radius 1 is 0.878 bits per heavy atom. The number of phenolic OH excluding ortho intramolecular Hbond substituents is 1. The number of allylic oxidation sites excluding steroid dienone is 2. The van der Waals surface area contributed by atoms with Crippen molar-refractivity contribution in [2.75, 3.05) is 6.61 Å². The molecule has 446 valence electrons. The second-order valence-electron chi connectivity index (χ2n) is 25.0. The second kappa shape index (κ2) is 28.1. The fraction of sp³-hybridized carbons (Fsp3) is 0.588. The summed E-state index contributed by atoms with van der Waals surface area (Å²) in [5, 5.41) is 125. The van der Waals surface area contributed by atoms with Gasteiger partial charge >= 0.3 is 11.9 Å². The number of rotatable bonds is 17. The van der Waals surface area contributed by atoms with E-state index in [0.717, 1.165) is 64.6 Å². The topological polar surface area (TPSA) is 260 Å². The van der Waals surface area contributed by atoms with Gasteiger partial charge in [0.2, 0.25) is 0 Å². The van der Waals surface area contributed by atoms with E-state index in [1.54, 1.807) is 30.3 Å². The summed E-state index contributed by atoms with van der Waals surface area (Å²) in [5.74, 6) is 3.45. The SMILES string of the molecule is CCCC[C@H](O)[C@H](O)/C=C/C1=C(\C[C@H](O)CO)[C@@H]2CC[C@@H](O)[C@@H]3N[C@@H](C)CC[C@H]([C@H]3CC(=O)O)[C@@H](O)Cc3ccc(cc3CC3(C(=O)O)CCCCC3)C[C@]3(N2)[C@H](C#Cc2c(CC)cccc2CC1)C=CC[C@@]3(O)Cc1ccc(O)cc1. The van der Waals surface area contributed by atoms with Crippen LogP contribution in [-0.2, 0) is 48.1 Å². The summed E-state index contributed by atoms with van der Waals surface area (Å²) in [5.41, 5.74) is 2.90. The van der Waals surface area contributed by atoms with Crippen molar-refractivity contribution < 1.29 is 60.7 Å². The Labute approximate surface area is 485 Å². The van der Waals surface area contributed by atoms with Gasteiger partial charge in [0.05, 0.1) is 66.0 Å². The molecule has 1 saturated heterocycles. The van der Waals surface area contributed by atoms with Gasteiger partial charge in [-0.1, -0.05) is 131 Å². The quantitative estimate of drug-likeness (QED) is 0.0456. The number of aromatic hydroxyl groups is 1. The number of aliphatic carboxylic acids is 2. The number of hydrogen-bond acceptors (Lipinski definition) is 12. The van der Waals surface area contributed by atoms with Crippen molar-refractivity contribution in [2.45, 2.75) is 222 Å². The third kappa shape index (κ3) is 14.7. The maximum atomic E-state index is 14.3. The van der Waals surface area contributed by atoms with Gasteiger partial charge in [-0.15, -0.1) is 0 Å². The number of unbranched alkanes of at least 4 members (excludes halogenated alkanes) is 1. The average molecular weight is 1130 g/mol. The molecule has 6 aliphatic rings. The molecule has 9 rings (SSSR count). The third-order valence-corrected chi connectivity index (χ3v) is 19.4. The van der Waals surface area contributed by atoms with Crippen LogP contribution in [0, 0.1) is 35.0 Å². The van der Waals surface area contributed by atoms with Crippen LogP contribution in [0.5, 0.6) is 5.75 Å². The Bertz CT molecular complexity index is 2810. The number of nitrogens with one attached hydrogen (secondary N) is 2. The number of carbonyl (C=O) groups is 2. The Balaban J connectivity index is 1.47. The van der Waals surface area contributed by atoms with Crippen molar-refractivity contribution in [1.29, 1.82) is 0 Å². The predicted molar refractivity (Wildman–Crippen MR) is 317 cm³/mol. The van der Waals surface area contributed by atoms with E-state index in [2.05, 4.69) is 41.5 Å². The molecular weight excluding hydrogens is 1040 g/mol. The number of fused-ring (bicyclic) bond motifs is 6. The molecule has 0 aromatic heterocycles. The summed E-state index contributed by atoms with van der Waals surface area (Å²) >= 11 is 0. The number of aliphatic hydroxyl groups excluding tert-OH is 6. The van der Waals surface area contributed by atoms with Crippen LogP contribution >= 0.6 is 0 Å². The van der Waals surface area contributed by atoms with Crippen molar-refractivity contribution in [3.63, 3.8) is 0 Å². The highest BCUT2D eigenvalue weighted by atomic mass is 16.4. The van der Waals surface area contributed by atoms with Crippen LogP contribution in [0.15, 0.2) is 96.1 Å². The molecular formula is C68H92N2O12. The summed E-state index contributed by atoms with van der Waals surface area (Å²) in [6.45, 7) is 5.50. The van der Waals surface area contributed by atoms with E-state index < -0.39 is 95.5 Å². The minimum atomic E-state index is -1.70. The molecule has 14 nitrogen and oxygen atoms in total. The van der Waals surface area contributed by atoms with Crippen LogP contribution in [0.2, 0.25) is 0 Å². The Morgan fingerprint density at radius 2 is 1.65 bits per heavy atom. The molecule has 13 atom stereocenters. The first-order valence-corrected chi connectivity index (χ1v) is 30.6. The zero-order valence-corrected chi connectivity index (χ0v) is 48.5. The molecule has 6 bridgehead atoms. The van der Waals surface area contributed by atoms with Gasteiger partial charge in [-0.3, -0.25) is 9.59 Å². The standard InChI is InChI=1S/C68H92N2O12/c1-4-6-15-59(74)60(75)30-23-48-22-21-47-13-10-12-46(5-2)54(47)28-24-51-14-11-34-67(82,39-44-18-25-52(72)26-19-44)68(51)40-45-17-20-49(50(35-45)41-66(65(80)81)32-8-7-9-33-66)36-62(77)55-27-16-43(3)69-64(57(55)38-63(78)79)61(76)31-29-58(70-68)56(48)37-53(73)42-71/h10-14,17-20,23,25-26,30,35,43,51,53,55,57-62,64,69-77,82H,4-9,15-16,21-22,27,29,31-34,36-42H2,1-3H3,(H,78,79)(H,80,81)/b30-23+,56-48+/t43-,51-,53-,55+,57+,58-,59-,60+,61+,62-,64+,67+,68-/m0/s1. The smallest absolute Gasteiger partial charge is 0.309 e. The zero-order valence-electron chi connectivity index (χ0n) is 48.5. The molecule has 82 heavy (non-hydrogen) atoms. The summed E-state index contributed by atoms with van der Waals surface area (Å²) in [6, 6.07) is 17.1. The van der Waals surface area contributed by atoms with Gasteiger partial charge in [-0.05, 0) is 172 Å². The van der Waals surface area contributed by atoms with Gasteiger partial charge in [-0.2, -0.15) is 0 Å². The highest BCUT2D eigenvalue weighted by Gasteiger charge is 2.57. The number of carboxylic acids is 2. The zero-order chi connectivity index (χ0) is 58.8. The molecule has 1 spiro atoms. The predicted octanol–water partition coefficient (Wildman–Crippen LogP) is 7.73. The van der Waals surface area contributed by atoms with E-state index in [9.17, 15) is 60.7 Å². The summed E-state index contributed by atoms with van der Waals surface area (Å²) in [6.07, 6.45) is 9.87. The van der Waals surface area contributed by atoms with Crippen LogP contribution in [0.25, 0.3) is 0 Å². The molecule has 0 amide bonds. The minimum Gasteiger partial charge on any atom is -0.508 e. The summed E-state index contributed by atoms with van der Waals surface area (Å²) in [7, 11) is 0. The third-order valence-electron chi connectivity index (χ3n) is 19.4. The highest BCUT2D eigenvalue weighted by Crippen LogP contribution is 2.47. The van der Waals surface area contributed by atoms with Crippen molar-refractivity contribution in [1.82, 2.24) is 10.6 Å². The van der Waals surface area contributed by atoms with E-state index in [4.69, 9.17) is 0 Å². The van der Waals surface area contributed by atoms with Gasteiger partial charge in [0, 0.05) is 30.1 Å². The minimum absolute atomic E-state index is 0.0594. The monoisotopic (exact) mass is 1130 g/mol. The highest BCUT2D eigenvalue weighted by molar-refractivity contribution is 5.75. The molecule has 3 aromatic carbocycles. The largest absolute Gasteiger partial charge is 0.508 e. The van der Waals surface area contributed by atoms with Crippen molar-refractivity contribution in [3.05, 3.63) is 135 Å². The van der Waals surface area contributed by atoms with Crippen LogP contribution in [0.4, 0.5) is 0 Å². The Morgan fingerprint density at radius 3 is 2.35 bits per heavy atom. The maximum Gasteiger partial charge on any atom is 0.309 e. The number of aliphatic hydroxyl groups is 7. The lowest BCUT2D eigenvalue weighted by molar-refractivity contribution is -0.151. The molecule has 4 aliphatic heterocycles. The number of carboxylic acid groups (broad SMARTS) is 2. The van der Waals surface area contributed by atoms with E-state index in [1.165, 1.54) is 0 Å². The Hall–Kier alpha value is -5.18. The molecule has 3 aromatic rings. The van der Waals surface area contributed by atoms with Crippen molar-refractivity contribution >= 4 is 11.9 Å². The van der Waals surface area contributed by atoms with E-state index >= 15 is 0 Å². The second-order valence-corrected chi connectivity index (χ2v) is 25.0. The molecule has 14 heteroatoms. The molecule has 4 heterocycles. The van der Waals surface area contributed by atoms with Crippen LogP contribution in [0.3, 0.4) is 0 Å². The summed E-state index contributed by atoms with van der Waals surface area (Å²) < 4.78 is 0. The van der Waals surface area contributed by atoms with Crippen LogP contribution < -0.4 is 10.6 Å². The van der Waals surface area contributed by atoms with E-state index in [0.29, 0.717) is 68.9 Å². The van der Waals surface area contributed by atoms with E-state index in [1.807, 2.05) is 56.3 Å². The molecule has 2 aliphatic carbocycles. The van der Waals surface area contributed by atoms with Crippen molar-refractivity contribution in [3.8, 4) is 17.6 Å². The first-order valence-electron chi connectivity index (χ1n) is 30.6. The Kier molecular flexibility index (Phi) is 21.6. The maximum absolute atomic E-state index is 14.3. The first kappa shape index (κ1) is 62.9. The lowest BCUT2D eigenvalue weighted by atomic mass is 9.60. The van der Waals surface area contributed by atoms with Crippen LogP contribution in [-0.4, -0.2) is 129 Å². The average Bonchev–Trinajstić information content (AvgIpc) is 3.75. The van der Waals surface area contributed by atoms with Gasteiger partial charge in [-0.25, -0.2) is 0 Å². The summed E-state index contributed by atoms with van der Waals surface area (Å²) in [4.78, 5) is 26.7. The van der Waals surface area contributed by atoms with Crippen molar-refractivity contribution in [2.24, 2.45) is 23.2 Å². The lowest BCUT2D eigenvalue weighted by Gasteiger charge is -2.54. The lowest BCUT2D eigenvalue weighted by Crippen LogP contribution is -2.71. The number of phenols is 1. The molecule has 0 unspecified atom stereocenters.